The van der Waals surface area contributed by atoms with Crippen molar-refractivity contribution in [1.29, 1.82) is 0 Å². The van der Waals surface area contributed by atoms with Crippen molar-refractivity contribution in [2.45, 2.75) is 19.4 Å². The Morgan fingerprint density at radius 2 is 1.53 bits per heavy atom. The van der Waals surface area contributed by atoms with Crippen molar-refractivity contribution in [3.05, 3.63) is 141 Å². The number of benzene rings is 3. The first kappa shape index (κ1) is 33.0. The van der Waals surface area contributed by atoms with Crippen molar-refractivity contribution in [2.24, 2.45) is 0 Å². The lowest BCUT2D eigenvalue weighted by Gasteiger charge is -2.35. The molecular formula is C35H28F4N6O4. The first-order chi connectivity index (χ1) is 23.6. The van der Waals surface area contributed by atoms with Gasteiger partial charge in [0.1, 0.15) is 18.5 Å². The molecule has 1 amide bonds. The van der Waals surface area contributed by atoms with Crippen molar-refractivity contribution in [2.75, 3.05) is 31.1 Å². The molecule has 1 fully saturated rings. The van der Waals surface area contributed by atoms with Crippen LogP contribution in [0, 0.1) is 23.3 Å². The number of hydrogen-bond donors (Lipinski definition) is 0. The Bertz CT molecular complexity index is 2090. The quantitative estimate of drug-likeness (QED) is 0.0722. The molecule has 0 unspecified atom stereocenters. The molecule has 1 saturated heterocycles. The molecule has 3 aromatic carbocycles. The van der Waals surface area contributed by atoms with Crippen LogP contribution in [0.2, 0.25) is 0 Å². The van der Waals surface area contributed by atoms with Crippen LogP contribution in [0.1, 0.15) is 33.5 Å². The zero-order valence-electron chi connectivity index (χ0n) is 25.9. The highest BCUT2D eigenvalue weighted by Gasteiger charge is 2.29. The van der Waals surface area contributed by atoms with Gasteiger partial charge in [0.25, 0.3) is 11.5 Å². The minimum atomic E-state index is -1.67. The molecule has 5 aromatic rings. The topological polar surface area (TPSA) is 110 Å². The highest BCUT2D eigenvalue weighted by Crippen LogP contribution is 2.21. The number of aromatic nitrogens is 4. The first-order valence-electron chi connectivity index (χ1n) is 15.2. The van der Waals surface area contributed by atoms with Crippen LogP contribution in [0.5, 0.6) is 0 Å². The molecule has 49 heavy (non-hydrogen) atoms. The number of anilines is 1. The van der Waals surface area contributed by atoms with Gasteiger partial charge in [-0.05, 0) is 65.2 Å². The SMILES string of the molecule is O=C(CC(=O)c1cc(Cc2ccc(F)c(F)c2F)cn(Cc2cccc(F)c2)c1=O)C(=O)N1CCN(c2ccc(-n3cncn3)cc2)CC1. The number of carbonyl (C=O) groups excluding carboxylic acids is 3. The van der Waals surface area contributed by atoms with Gasteiger partial charge in [0.2, 0.25) is 5.78 Å². The molecule has 0 bridgehead atoms. The van der Waals surface area contributed by atoms with Crippen LogP contribution in [0.3, 0.4) is 0 Å². The molecule has 0 saturated carbocycles. The molecule has 0 radical (unpaired) electrons. The number of hydrogen-bond acceptors (Lipinski definition) is 7. The summed E-state index contributed by atoms with van der Waals surface area (Å²) in [5, 5.41) is 4.10. The average molecular weight is 673 g/mol. The monoisotopic (exact) mass is 672 g/mol. The average Bonchev–Trinajstić information content (AvgIpc) is 3.65. The Morgan fingerprint density at radius 3 is 2.22 bits per heavy atom. The van der Waals surface area contributed by atoms with E-state index in [1.807, 2.05) is 29.2 Å². The van der Waals surface area contributed by atoms with Gasteiger partial charge in [-0.1, -0.05) is 18.2 Å². The summed E-state index contributed by atoms with van der Waals surface area (Å²) in [4.78, 5) is 60.2. The third-order valence-electron chi connectivity index (χ3n) is 8.22. The molecule has 0 atom stereocenters. The van der Waals surface area contributed by atoms with Gasteiger partial charge in [-0.3, -0.25) is 19.2 Å². The number of nitrogens with zero attached hydrogens (tertiary/aromatic N) is 6. The van der Waals surface area contributed by atoms with Crippen LogP contribution in [-0.4, -0.2) is 67.9 Å². The highest BCUT2D eigenvalue weighted by atomic mass is 19.2. The van der Waals surface area contributed by atoms with Crippen LogP contribution in [0.15, 0.2) is 90.4 Å². The van der Waals surface area contributed by atoms with Gasteiger partial charge in [-0.2, -0.15) is 5.10 Å². The lowest BCUT2D eigenvalue weighted by atomic mass is 10.0. The van der Waals surface area contributed by atoms with Crippen LogP contribution in [-0.2, 0) is 22.6 Å². The number of pyridine rings is 1. The maximum atomic E-state index is 14.5. The van der Waals surface area contributed by atoms with Gasteiger partial charge < -0.3 is 14.4 Å². The lowest BCUT2D eigenvalue weighted by molar-refractivity contribution is -0.144. The summed E-state index contributed by atoms with van der Waals surface area (Å²) in [6, 6.07) is 15.9. The maximum Gasteiger partial charge on any atom is 0.290 e. The molecule has 0 aliphatic carbocycles. The second-order valence-corrected chi connectivity index (χ2v) is 11.5. The first-order valence-corrected chi connectivity index (χ1v) is 15.2. The fourth-order valence-corrected chi connectivity index (χ4v) is 5.68. The summed E-state index contributed by atoms with van der Waals surface area (Å²) in [6.45, 7) is 1.12. The van der Waals surface area contributed by atoms with Crippen molar-refractivity contribution >= 4 is 23.2 Å². The van der Waals surface area contributed by atoms with Gasteiger partial charge in [-0.25, -0.2) is 27.2 Å². The zero-order chi connectivity index (χ0) is 34.7. The van der Waals surface area contributed by atoms with Gasteiger partial charge in [0.15, 0.2) is 23.2 Å². The largest absolute Gasteiger partial charge is 0.368 e. The van der Waals surface area contributed by atoms with Crippen molar-refractivity contribution in [3.8, 4) is 5.69 Å². The molecule has 250 valence electrons. The van der Waals surface area contributed by atoms with E-state index in [0.717, 1.165) is 34.1 Å². The van der Waals surface area contributed by atoms with Crippen molar-refractivity contribution < 1.29 is 31.9 Å². The van der Waals surface area contributed by atoms with Gasteiger partial charge in [-0.15, -0.1) is 0 Å². The standard InChI is InChI=1S/C35H28F4N6O4/c36-25-3-1-2-22(15-25)18-44-19-23(14-24-4-9-29(37)33(39)32(24)38)16-28(34(44)48)30(46)17-31(47)35(49)43-12-10-42(11-13-43)26-5-7-27(8-6-26)45-21-40-20-41-45/h1-9,15-16,19-21H,10-14,17-18H2. The van der Waals surface area contributed by atoms with E-state index in [1.54, 1.807) is 17.1 Å². The fraction of sp³-hybridized carbons (Fsp3) is 0.200. The second-order valence-electron chi connectivity index (χ2n) is 11.5. The van der Waals surface area contributed by atoms with E-state index >= 15 is 0 Å². The van der Waals surface area contributed by atoms with E-state index in [4.69, 9.17) is 0 Å². The Hall–Kier alpha value is -5.92. The molecule has 1 aliphatic heterocycles. The number of halogens is 4. The van der Waals surface area contributed by atoms with Crippen LogP contribution in [0.25, 0.3) is 5.69 Å². The van der Waals surface area contributed by atoms with E-state index in [2.05, 4.69) is 10.1 Å². The molecule has 1 aliphatic rings. The summed E-state index contributed by atoms with van der Waals surface area (Å²) in [5.74, 6) is -7.87. The van der Waals surface area contributed by atoms with Crippen molar-refractivity contribution in [1.82, 2.24) is 24.2 Å². The van der Waals surface area contributed by atoms with Gasteiger partial charge in [0.05, 0.1) is 24.2 Å². The van der Waals surface area contributed by atoms with E-state index < -0.39 is 58.3 Å². The Morgan fingerprint density at radius 1 is 0.796 bits per heavy atom. The number of rotatable bonds is 10. The second kappa shape index (κ2) is 14.1. The lowest BCUT2D eigenvalue weighted by Crippen LogP contribution is -2.51. The minimum absolute atomic E-state index is 0.161. The number of piperazine rings is 1. The van der Waals surface area contributed by atoms with Crippen molar-refractivity contribution in [3.63, 3.8) is 0 Å². The summed E-state index contributed by atoms with van der Waals surface area (Å²) in [6.07, 6.45) is 3.06. The predicted molar refractivity (Wildman–Crippen MR) is 169 cm³/mol. The minimum Gasteiger partial charge on any atom is -0.368 e. The number of amides is 1. The molecule has 0 N–H and O–H groups in total. The zero-order valence-corrected chi connectivity index (χ0v) is 25.9. The Labute approximate surface area is 276 Å². The Kier molecular flexibility index (Phi) is 9.47. The van der Waals surface area contributed by atoms with Gasteiger partial charge >= 0.3 is 0 Å². The highest BCUT2D eigenvalue weighted by molar-refractivity contribution is 6.40. The smallest absolute Gasteiger partial charge is 0.290 e. The summed E-state index contributed by atoms with van der Waals surface area (Å²) in [7, 11) is 0. The van der Waals surface area contributed by atoms with Crippen LogP contribution >= 0.6 is 0 Å². The predicted octanol–water partition coefficient (Wildman–Crippen LogP) is 4.12. The van der Waals surface area contributed by atoms with Crippen LogP contribution < -0.4 is 10.5 Å². The molecule has 6 rings (SSSR count). The summed E-state index contributed by atoms with van der Waals surface area (Å²) in [5.41, 5.74) is 0.736. The third-order valence-corrected chi connectivity index (χ3v) is 8.22. The summed E-state index contributed by atoms with van der Waals surface area (Å²) >= 11 is 0. The van der Waals surface area contributed by atoms with E-state index in [9.17, 15) is 36.7 Å². The number of ketones is 2. The maximum absolute atomic E-state index is 14.5. The molecule has 3 heterocycles. The Balaban J connectivity index is 1.16. The molecule has 0 spiro atoms. The normalized spacial score (nSPS) is 13.1. The van der Waals surface area contributed by atoms with Crippen LogP contribution in [0.4, 0.5) is 23.2 Å². The van der Waals surface area contributed by atoms with E-state index in [0.29, 0.717) is 18.7 Å². The fourth-order valence-electron chi connectivity index (χ4n) is 5.68. The molecule has 2 aromatic heterocycles. The summed E-state index contributed by atoms with van der Waals surface area (Å²) < 4.78 is 58.6. The molecule has 14 heteroatoms. The number of carbonyl (C=O) groups is 3. The third kappa shape index (κ3) is 7.32. The molecule has 10 nitrogen and oxygen atoms in total. The molecular weight excluding hydrogens is 644 g/mol. The van der Waals surface area contributed by atoms with E-state index in [1.165, 1.54) is 35.6 Å². The van der Waals surface area contributed by atoms with Gasteiger partial charge in [0, 0.05) is 44.5 Å². The van der Waals surface area contributed by atoms with E-state index in [-0.39, 0.29) is 37.2 Å². The number of Topliss-reactive ketones (excluding diaryl/α,β-unsaturated/α-hetero) is 2.